The Balaban J connectivity index is 1.86. The lowest BCUT2D eigenvalue weighted by atomic mass is 10.0. The fourth-order valence-corrected chi connectivity index (χ4v) is 3.45. The van der Waals surface area contributed by atoms with Crippen LogP contribution in [0.25, 0.3) is 0 Å². The molecule has 2 fully saturated rings. The molecule has 0 aliphatic heterocycles. The Morgan fingerprint density at radius 2 is 1.90 bits per heavy atom. The Labute approximate surface area is 172 Å². The van der Waals surface area contributed by atoms with E-state index in [0.29, 0.717) is 18.9 Å². The van der Waals surface area contributed by atoms with Gasteiger partial charge in [0.2, 0.25) is 0 Å². The van der Waals surface area contributed by atoms with Crippen LogP contribution in [0.4, 0.5) is 13.2 Å². The number of ether oxygens (including phenoxy) is 2. The van der Waals surface area contributed by atoms with Gasteiger partial charge in [-0.3, -0.25) is 0 Å². The molecule has 1 aromatic carbocycles. The van der Waals surface area contributed by atoms with Crippen LogP contribution in [0.3, 0.4) is 0 Å². The zero-order valence-electron chi connectivity index (χ0n) is 16.0. The highest BCUT2D eigenvalue weighted by atomic mass is 32.2. The first-order valence-electron chi connectivity index (χ1n) is 9.51. The lowest BCUT2D eigenvalue weighted by Gasteiger charge is -2.27. The summed E-state index contributed by atoms with van der Waals surface area (Å²) in [6, 6.07) is 2.56. The number of carbonyl (C=O) groups excluding carboxylic acids is 1. The van der Waals surface area contributed by atoms with Gasteiger partial charge in [0, 0.05) is 5.92 Å². The minimum atomic E-state index is -4.71. The molecule has 0 unspecified atom stereocenters. The van der Waals surface area contributed by atoms with Gasteiger partial charge in [-0.15, -0.1) is 0 Å². The minimum absolute atomic E-state index is 0.246. The smallest absolute Gasteiger partial charge is 0.419 e. The molecule has 3 rings (SSSR count). The topological polar surface area (TPSA) is 92.7 Å². The van der Waals surface area contributed by atoms with Crippen molar-refractivity contribution in [1.82, 2.24) is 0 Å². The predicted octanol–water partition coefficient (Wildman–Crippen LogP) is 3.51. The molecule has 0 spiro atoms. The molecular weight excluding hydrogens is 425 g/mol. The van der Waals surface area contributed by atoms with Gasteiger partial charge in [-0.1, -0.05) is 11.8 Å². The third-order valence-corrected chi connectivity index (χ3v) is 5.55. The zero-order valence-corrected chi connectivity index (χ0v) is 16.8. The summed E-state index contributed by atoms with van der Waals surface area (Å²) in [5.41, 5.74) is -2.33. The molecule has 1 aromatic rings. The van der Waals surface area contributed by atoms with Gasteiger partial charge in [0.1, 0.15) is 12.4 Å². The molecule has 0 aromatic heterocycles. The number of hydrogen-bond donors (Lipinski definition) is 0. The average molecular weight is 445 g/mol. The van der Waals surface area contributed by atoms with E-state index in [-0.39, 0.29) is 11.5 Å². The monoisotopic (exact) mass is 445 g/mol. The van der Waals surface area contributed by atoms with Crippen LogP contribution in [0.15, 0.2) is 18.2 Å². The summed E-state index contributed by atoms with van der Waals surface area (Å²) in [6.45, 7) is -0.696. The Morgan fingerprint density at radius 1 is 1.23 bits per heavy atom. The van der Waals surface area contributed by atoms with E-state index in [4.69, 9.17) is 4.74 Å². The second-order valence-corrected chi connectivity index (χ2v) is 8.98. The summed E-state index contributed by atoms with van der Waals surface area (Å²) in [5, 5.41) is 0. The van der Waals surface area contributed by atoms with Crippen molar-refractivity contribution in [3.05, 3.63) is 29.3 Å². The first kappa shape index (κ1) is 22.4. The van der Waals surface area contributed by atoms with E-state index >= 15 is 0 Å². The first-order valence-corrected chi connectivity index (χ1v) is 11.1. The zero-order chi connectivity index (χ0) is 22.0. The maximum Gasteiger partial charge on any atom is 0.419 e. The number of carbonyl (C=O) groups is 1. The van der Waals surface area contributed by atoms with E-state index in [1.54, 1.807) is 0 Å². The molecule has 0 atom stereocenters. The molecule has 2 aliphatic carbocycles. The molecule has 6 nitrogen and oxygen atoms in total. The third kappa shape index (κ3) is 6.12. The van der Waals surface area contributed by atoms with Crippen LogP contribution in [0, 0.1) is 17.8 Å². The highest BCUT2D eigenvalue weighted by Crippen LogP contribution is 2.42. The van der Waals surface area contributed by atoms with Gasteiger partial charge >= 0.3 is 12.1 Å². The number of benzene rings is 1. The number of rotatable bonds is 6. The number of halogens is 3. The molecule has 2 aliphatic rings. The van der Waals surface area contributed by atoms with Crippen molar-refractivity contribution in [2.24, 2.45) is 5.92 Å². The van der Waals surface area contributed by atoms with Gasteiger partial charge < -0.3 is 14.0 Å². The van der Waals surface area contributed by atoms with Crippen molar-refractivity contribution in [2.75, 3.05) is 12.4 Å². The highest BCUT2D eigenvalue weighted by Gasteiger charge is 2.40. The summed E-state index contributed by atoms with van der Waals surface area (Å²) in [6.07, 6.45) is -0.259. The van der Waals surface area contributed by atoms with Gasteiger partial charge in [-0.2, -0.15) is 13.2 Å². The molecule has 0 bridgehead atoms. The molecule has 10 heteroatoms. The van der Waals surface area contributed by atoms with E-state index in [1.807, 2.05) is 0 Å². The van der Waals surface area contributed by atoms with Gasteiger partial charge in [-0.25, -0.2) is 13.2 Å². The quantitative estimate of drug-likeness (QED) is 0.378. The molecule has 0 radical (unpaired) electrons. The van der Waals surface area contributed by atoms with Gasteiger partial charge in [0.15, 0.2) is 5.60 Å². The fraction of sp³-hybridized carbons (Fsp3) is 0.550. The molecular formula is C20H20F3O6S-. The molecule has 0 heterocycles. The van der Waals surface area contributed by atoms with Gasteiger partial charge in [0.05, 0.1) is 27.0 Å². The van der Waals surface area contributed by atoms with Crippen LogP contribution in [0.5, 0.6) is 5.75 Å². The van der Waals surface area contributed by atoms with Gasteiger partial charge in [-0.05, 0) is 56.7 Å². The van der Waals surface area contributed by atoms with E-state index in [9.17, 15) is 30.9 Å². The van der Waals surface area contributed by atoms with E-state index in [1.165, 1.54) is 0 Å². The van der Waals surface area contributed by atoms with Crippen molar-refractivity contribution in [1.29, 1.82) is 0 Å². The average Bonchev–Trinajstić information content (AvgIpc) is 3.36. The number of alkyl halides is 3. The van der Waals surface area contributed by atoms with Gasteiger partial charge in [0.25, 0.3) is 0 Å². The maximum absolute atomic E-state index is 13.5. The standard InChI is InChI=1S/C20H21F3O6S/c21-20(22,23)16-6-5-15(18(24)28-11-12-30(25,26)27)13-17(16)29-19(8-1-2-9-19)10-7-14-3-4-14/h5-6,13-14H,1-4,8-9,11-12H2,(H,25,26,27)/p-1. The Kier molecular flexibility index (Phi) is 6.34. The molecule has 2 saturated carbocycles. The molecule has 30 heavy (non-hydrogen) atoms. The lowest BCUT2D eigenvalue weighted by molar-refractivity contribution is -0.139. The van der Waals surface area contributed by atoms with Crippen molar-refractivity contribution < 1.29 is 40.4 Å². The number of esters is 1. The second-order valence-electron chi connectivity index (χ2n) is 7.45. The SMILES string of the molecule is O=C(OCCS(=O)(=O)[O-])c1ccc(C(F)(F)F)c(OC2(C#CC3CC3)CCCC2)c1. The summed E-state index contributed by atoms with van der Waals surface area (Å²) in [5.74, 6) is 3.84. The Bertz CT molecular complexity index is 964. The first-order chi connectivity index (χ1) is 14.0. The van der Waals surface area contributed by atoms with Crippen LogP contribution < -0.4 is 4.74 Å². The number of hydrogen-bond acceptors (Lipinski definition) is 6. The van der Waals surface area contributed by atoms with Crippen LogP contribution in [0.1, 0.15) is 54.4 Å². The summed E-state index contributed by atoms with van der Waals surface area (Å²) in [7, 11) is -4.58. The predicted molar refractivity (Wildman–Crippen MR) is 98.6 cm³/mol. The highest BCUT2D eigenvalue weighted by molar-refractivity contribution is 7.85. The van der Waals surface area contributed by atoms with Crippen LogP contribution in [0.2, 0.25) is 0 Å². The van der Waals surface area contributed by atoms with Crippen molar-refractivity contribution >= 4 is 16.1 Å². The van der Waals surface area contributed by atoms with Crippen molar-refractivity contribution in [3.8, 4) is 17.6 Å². The second kappa shape index (κ2) is 8.47. The summed E-state index contributed by atoms with van der Waals surface area (Å²) >= 11 is 0. The minimum Gasteiger partial charge on any atom is -0.748 e. The van der Waals surface area contributed by atoms with Crippen LogP contribution in [-0.4, -0.2) is 36.9 Å². The third-order valence-electron chi connectivity index (χ3n) is 4.89. The largest absolute Gasteiger partial charge is 0.748 e. The van der Waals surface area contributed by atoms with E-state index < -0.39 is 51.5 Å². The van der Waals surface area contributed by atoms with Crippen LogP contribution >= 0.6 is 0 Å². The van der Waals surface area contributed by atoms with Crippen molar-refractivity contribution in [2.45, 2.75) is 50.3 Å². The Hall–Kier alpha value is -2.25. The molecule has 0 amide bonds. The van der Waals surface area contributed by atoms with Crippen LogP contribution in [-0.2, 0) is 21.0 Å². The summed E-state index contributed by atoms with van der Waals surface area (Å²) < 4.78 is 82.8. The van der Waals surface area contributed by atoms with E-state index in [0.717, 1.165) is 37.8 Å². The fourth-order valence-electron chi connectivity index (χ4n) is 3.16. The Morgan fingerprint density at radius 3 is 2.47 bits per heavy atom. The normalized spacial score (nSPS) is 18.4. The van der Waals surface area contributed by atoms with Crippen molar-refractivity contribution in [3.63, 3.8) is 0 Å². The summed E-state index contributed by atoms with van der Waals surface area (Å²) in [4.78, 5) is 12.1. The molecule has 164 valence electrons. The van der Waals surface area contributed by atoms with E-state index in [2.05, 4.69) is 16.6 Å². The molecule has 0 N–H and O–H groups in total. The molecule has 0 saturated heterocycles. The lowest BCUT2D eigenvalue weighted by Crippen LogP contribution is -2.32. The maximum atomic E-state index is 13.5.